The summed E-state index contributed by atoms with van der Waals surface area (Å²) in [6.45, 7) is 0. The van der Waals surface area contributed by atoms with Gasteiger partial charge in [0.2, 0.25) is 0 Å². The first-order chi connectivity index (χ1) is 25.7. The number of thiazole rings is 1. The summed E-state index contributed by atoms with van der Waals surface area (Å²) in [6, 6.07) is 59.6. The van der Waals surface area contributed by atoms with Crippen LogP contribution in [0.15, 0.2) is 179 Å². The van der Waals surface area contributed by atoms with E-state index in [0.717, 1.165) is 81.7 Å². The largest absolute Gasteiger partial charge is 0.456 e. The minimum Gasteiger partial charge on any atom is -0.456 e. The molecule has 3 aromatic heterocycles. The minimum absolute atomic E-state index is 0.835. The van der Waals surface area contributed by atoms with Crippen molar-refractivity contribution in [2.75, 3.05) is 4.90 Å². The predicted octanol–water partition coefficient (Wildman–Crippen LogP) is 14.1. The highest BCUT2D eigenvalue weighted by atomic mass is 32.1. The molecule has 3 heterocycles. The highest BCUT2D eigenvalue weighted by Gasteiger charge is 2.20. The molecule has 0 aliphatic heterocycles. The van der Waals surface area contributed by atoms with Crippen LogP contribution in [-0.2, 0) is 0 Å². The molecule has 0 N–H and O–H groups in total. The topological polar surface area (TPSA) is 42.4 Å². The van der Waals surface area contributed by atoms with E-state index in [4.69, 9.17) is 13.8 Å². The average molecular weight is 685 g/mol. The van der Waals surface area contributed by atoms with Crippen LogP contribution in [0.5, 0.6) is 0 Å². The van der Waals surface area contributed by atoms with Crippen molar-refractivity contribution in [1.82, 2.24) is 4.98 Å². The maximum absolute atomic E-state index is 6.61. The Labute approximate surface area is 302 Å². The molecule has 52 heavy (non-hydrogen) atoms. The second kappa shape index (κ2) is 11.4. The first-order valence-electron chi connectivity index (χ1n) is 17.4. The lowest BCUT2D eigenvalue weighted by Crippen LogP contribution is -2.09. The molecule has 0 radical (unpaired) electrons. The van der Waals surface area contributed by atoms with Gasteiger partial charge in [0.05, 0.1) is 10.2 Å². The fourth-order valence-electron chi connectivity index (χ4n) is 7.65. The summed E-state index contributed by atoms with van der Waals surface area (Å²) in [5.74, 6) is 0. The summed E-state index contributed by atoms with van der Waals surface area (Å²) in [5.41, 5.74) is 11.0. The van der Waals surface area contributed by atoms with Gasteiger partial charge in [-0.3, -0.25) is 0 Å². The summed E-state index contributed by atoms with van der Waals surface area (Å²) in [6.07, 6.45) is 0. The quantitative estimate of drug-likeness (QED) is 0.181. The summed E-state index contributed by atoms with van der Waals surface area (Å²) in [7, 11) is 0. The number of hydrogen-bond acceptors (Lipinski definition) is 5. The Hall–Kier alpha value is -6.69. The molecule has 0 unspecified atom stereocenters. The van der Waals surface area contributed by atoms with Gasteiger partial charge in [-0.2, -0.15) is 0 Å². The van der Waals surface area contributed by atoms with E-state index in [-0.39, 0.29) is 0 Å². The third-order valence-corrected chi connectivity index (χ3v) is 11.2. The molecule has 0 aliphatic rings. The van der Waals surface area contributed by atoms with Gasteiger partial charge in [0.1, 0.15) is 27.3 Å². The van der Waals surface area contributed by atoms with Gasteiger partial charge in [-0.1, -0.05) is 103 Å². The molecule has 5 heteroatoms. The van der Waals surface area contributed by atoms with Crippen molar-refractivity contribution in [2.24, 2.45) is 0 Å². The van der Waals surface area contributed by atoms with Crippen molar-refractivity contribution in [3.8, 4) is 21.7 Å². The molecule has 0 atom stereocenters. The van der Waals surface area contributed by atoms with Gasteiger partial charge in [0, 0.05) is 50.2 Å². The van der Waals surface area contributed by atoms with Gasteiger partial charge in [-0.15, -0.1) is 11.3 Å². The fourth-order valence-corrected chi connectivity index (χ4v) is 8.77. The van der Waals surface area contributed by atoms with Crippen LogP contribution < -0.4 is 4.90 Å². The first-order valence-corrected chi connectivity index (χ1v) is 18.2. The van der Waals surface area contributed by atoms with Gasteiger partial charge in [0.15, 0.2) is 0 Å². The summed E-state index contributed by atoms with van der Waals surface area (Å²) >= 11 is 1.72. The van der Waals surface area contributed by atoms with E-state index in [1.807, 2.05) is 24.3 Å². The fraction of sp³-hybridized carbons (Fsp3) is 0. The van der Waals surface area contributed by atoms with Gasteiger partial charge < -0.3 is 13.7 Å². The van der Waals surface area contributed by atoms with Crippen LogP contribution in [0.2, 0.25) is 0 Å². The van der Waals surface area contributed by atoms with Crippen LogP contribution in [0.25, 0.3) is 86.6 Å². The smallest absolute Gasteiger partial charge is 0.137 e. The van der Waals surface area contributed by atoms with E-state index < -0.39 is 0 Å². The van der Waals surface area contributed by atoms with Gasteiger partial charge in [0.25, 0.3) is 0 Å². The molecule has 11 rings (SSSR count). The SMILES string of the molecule is c1ccc(-c2nc3ccc4oc5cc(N(c6ccc(-c7cccc8ccccc78)cc6)c6ccc7oc8ccccc8c7c6)ccc5c4c3s2)cc1. The van der Waals surface area contributed by atoms with Crippen LogP contribution in [0.4, 0.5) is 17.1 Å². The normalized spacial score (nSPS) is 11.8. The standard InChI is InChI=1S/C47H28N2O2S/c1-2-10-31(11-3-1)47-48-40-24-26-43-45(46(40)52-47)38-23-21-34(28-44(38)51-43)49(33-22-25-42-39(27-33)37-14-6-7-16-41(37)50-42)32-19-17-30(18-20-32)36-15-8-12-29-9-4-5-13-35(29)36/h1-28H. The minimum atomic E-state index is 0.835. The lowest BCUT2D eigenvalue weighted by Gasteiger charge is -2.26. The number of aromatic nitrogens is 1. The molecular weight excluding hydrogens is 657 g/mol. The molecule has 0 amide bonds. The molecule has 0 aliphatic carbocycles. The second-order valence-electron chi connectivity index (χ2n) is 13.1. The van der Waals surface area contributed by atoms with Gasteiger partial charge in [-0.25, -0.2) is 4.98 Å². The number of anilines is 3. The van der Waals surface area contributed by atoms with Crippen molar-refractivity contribution < 1.29 is 8.83 Å². The number of hydrogen-bond donors (Lipinski definition) is 0. The Morgan fingerprint density at radius 3 is 2.04 bits per heavy atom. The molecule has 0 saturated carbocycles. The highest BCUT2D eigenvalue weighted by Crippen LogP contribution is 2.44. The van der Waals surface area contributed by atoms with E-state index in [0.29, 0.717) is 0 Å². The van der Waals surface area contributed by atoms with Gasteiger partial charge in [-0.05, 0) is 82.6 Å². The number of rotatable bonds is 5. The Morgan fingerprint density at radius 1 is 0.442 bits per heavy atom. The molecule has 4 nitrogen and oxygen atoms in total. The van der Waals surface area contributed by atoms with E-state index >= 15 is 0 Å². The lowest BCUT2D eigenvalue weighted by atomic mass is 9.98. The zero-order chi connectivity index (χ0) is 34.2. The van der Waals surface area contributed by atoms with Crippen LogP contribution in [0, 0.1) is 0 Å². The van der Waals surface area contributed by atoms with E-state index in [1.54, 1.807) is 11.3 Å². The van der Waals surface area contributed by atoms with Crippen molar-refractivity contribution in [1.29, 1.82) is 0 Å². The zero-order valence-electron chi connectivity index (χ0n) is 27.8. The second-order valence-corrected chi connectivity index (χ2v) is 14.1. The number of benzene rings is 8. The lowest BCUT2D eigenvalue weighted by molar-refractivity contribution is 0.668. The molecule has 11 aromatic rings. The maximum Gasteiger partial charge on any atom is 0.137 e. The monoisotopic (exact) mass is 684 g/mol. The molecule has 0 saturated heterocycles. The summed E-state index contributed by atoms with van der Waals surface area (Å²) < 4.78 is 14.0. The number of furan rings is 2. The van der Waals surface area contributed by atoms with E-state index in [9.17, 15) is 0 Å². The Morgan fingerprint density at radius 2 is 1.13 bits per heavy atom. The maximum atomic E-state index is 6.61. The Bertz CT molecular complexity index is 3130. The Balaban J connectivity index is 1.08. The van der Waals surface area contributed by atoms with Crippen LogP contribution in [0.1, 0.15) is 0 Å². The molecule has 0 spiro atoms. The third kappa shape index (κ3) is 4.57. The summed E-state index contributed by atoms with van der Waals surface area (Å²) in [5, 5.41) is 7.85. The first kappa shape index (κ1) is 29.1. The number of para-hydroxylation sites is 1. The molecule has 8 aromatic carbocycles. The average Bonchev–Trinajstić information content (AvgIpc) is 3.91. The predicted molar refractivity (Wildman–Crippen MR) is 217 cm³/mol. The Kier molecular flexibility index (Phi) is 6.39. The third-order valence-electron chi connectivity index (χ3n) is 10.1. The molecule has 0 fully saturated rings. The number of fused-ring (bicyclic) bond motifs is 9. The van der Waals surface area contributed by atoms with Crippen LogP contribution >= 0.6 is 11.3 Å². The zero-order valence-corrected chi connectivity index (χ0v) is 28.6. The van der Waals surface area contributed by atoms with Crippen LogP contribution in [-0.4, -0.2) is 4.98 Å². The molecule has 0 bridgehead atoms. The van der Waals surface area contributed by atoms with Crippen LogP contribution in [0.3, 0.4) is 0 Å². The van der Waals surface area contributed by atoms with E-state index in [2.05, 4.69) is 150 Å². The summed E-state index contributed by atoms with van der Waals surface area (Å²) in [4.78, 5) is 7.30. The van der Waals surface area contributed by atoms with Crippen molar-refractivity contribution in [3.05, 3.63) is 170 Å². The van der Waals surface area contributed by atoms with E-state index in [1.165, 1.54) is 21.9 Å². The molecule has 244 valence electrons. The molecular formula is C47H28N2O2S. The van der Waals surface area contributed by atoms with Crippen molar-refractivity contribution in [2.45, 2.75) is 0 Å². The highest BCUT2D eigenvalue weighted by molar-refractivity contribution is 7.22. The number of nitrogens with zero attached hydrogens (tertiary/aromatic N) is 2. The van der Waals surface area contributed by atoms with Crippen molar-refractivity contribution >= 4 is 93.3 Å². The van der Waals surface area contributed by atoms with Gasteiger partial charge >= 0.3 is 0 Å². The van der Waals surface area contributed by atoms with Crippen molar-refractivity contribution in [3.63, 3.8) is 0 Å².